The van der Waals surface area contributed by atoms with E-state index in [1.54, 1.807) is 18.7 Å². The Morgan fingerprint density at radius 2 is 2.15 bits per heavy atom. The van der Waals surface area contributed by atoms with Crippen LogP contribution in [-0.4, -0.2) is 22.4 Å². The van der Waals surface area contributed by atoms with Gasteiger partial charge in [0.1, 0.15) is 5.76 Å². The molecule has 2 aromatic rings. The van der Waals surface area contributed by atoms with E-state index in [1.165, 1.54) is 0 Å². The lowest BCUT2D eigenvalue weighted by Crippen LogP contribution is -2.29. The molecule has 0 bridgehead atoms. The van der Waals surface area contributed by atoms with Crippen LogP contribution in [0.25, 0.3) is 0 Å². The maximum atomic E-state index is 5.27. The predicted molar refractivity (Wildman–Crippen MR) is 87.9 cm³/mol. The van der Waals surface area contributed by atoms with Crippen LogP contribution in [0.1, 0.15) is 12.2 Å². The molecule has 2 rings (SSSR count). The molecule has 20 heavy (non-hydrogen) atoms. The van der Waals surface area contributed by atoms with Crippen LogP contribution in [0.3, 0.4) is 0 Å². The molecule has 0 aliphatic carbocycles. The van der Waals surface area contributed by atoms with Crippen LogP contribution >= 0.6 is 24.0 Å². The second-order valence-corrected chi connectivity index (χ2v) is 5.62. The second kappa shape index (κ2) is 8.60. The summed E-state index contributed by atoms with van der Waals surface area (Å²) in [5.41, 5.74) is 0.949. The molecule has 0 radical (unpaired) electrons. The van der Waals surface area contributed by atoms with Gasteiger partial charge in [-0.1, -0.05) is 0 Å². The lowest BCUT2D eigenvalue weighted by Gasteiger charge is -2.09. The van der Waals surface area contributed by atoms with E-state index < -0.39 is 0 Å². The van der Waals surface area contributed by atoms with Crippen molar-refractivity contribution >= 4 is 34.8 Å². The second-order valence-electron chi connectivity index (χ2n) is 4.10. The van der Waals surface area contributed by atoms with Gasteiger partial charge in [-0.2, -0.15) is 11.8 Å². The zero-order chi connectivity index (χ0) is 14.0. The van der Waals surface area contributed by atoms with Gasteiger partial charge in [0.15, 0.2) is 5.11 Å². The lowest BCUT2D eigenvalue weighted by atomic mass is 10.4. The Bertz CT molecular complexity index is 502. The average molecular weight is 307 g/mol. The Kier molecular flexibility index (Phi) is 6.40. The van der Waals surface area contributed by atoms with Gasteiger partial charge >= 0.3 is 0 Å². The quantitative estimate of drug-likeness (QED) is 0.605. The number of rotatable bonds is 7. The largest absolute Gasteiger partial charge is 0.468 e. The van der Waals surface area contributed by atoms with Crippen molar-refractivity contribution in [3.8, 4) is 0 Å². The number of anilines is 1. The van der Waals surface area contributed by atoms with E-state index in [4.69, 9.17) is 16.6 Å². The van der Waals surface area contributed by atoms with Crippen LogP contribution in [0, 0.1) is 0 Å². The van der Waals surface area contributed by atoms with Crippen molar-refractivity contribution in [2.75, 3.05) is 17.6 Å². The van der Waals surface area contributed by atoms with E-state index in [1.807, 2.05) is 36.0 Å². The molecule has 2 heterocycles. The maximum absolute atomic E-state index is 5.27. The molecule has 0 aliphatic heterocycles. The Labute approximate surface area is 128 Å². The molecule has 0 saturated heterocycles. The number of pyridine rings is 1. The van der Waals surface area contributed by atoms with Crippen LogP contribution in [-0.2, 0) is 5.75 Å². The van der Waals surface area contributed by atoms with E-state index in [0.29, 0.717) is 5.11 Å². The Morgan fingerprint density at radius 3 is 2.90 bits per heavy atom. The van der Waals surface area contributed by atoms with Gasteiger partial charge < -0.3 is 15.1 Å². The topological polar surface area (TPSA) is 50.1 Å². The minimum Gasteiger partial charge on any atom is -0.468 e. The van der Waals surface area contributed by atoms with Gasteiger partial charge in [-0.3, -0.25) is 4.98 Å². The summed E-state index contributed by atoms with van der Waals surface area (Å²) < 4.78 is 5.27. The first-order valence-electron chi connectivity index (χ1n) is 6.39. The molecule has 4 nitrogen and oxygen atoms in total. The lowest BCUT2D eigenvalue weighted by molar-refractivity contribution is 0.530. The fraction of sp³-hybridized carbons (Fsp3) is 0.286. The summed E-state index contributed by atoms with van der Waals surface area (Å²) in [4.78, 5) is 3.96. The molecular weight excluding hydrogens is 290 g/mol. The van der Waals surface area contributed by atoms with Crippen LogP contribution in [0.5, 0.6) is 0 Å². The highest BCUT2D eigenvalue weighted by Crippen LogP contribution is 2.12. The van der Waals surface area contributed by atoms with Crippen molar-refractivity contribution < 1.29 is 4.42 Å². The van der Waals surface area contributed by atoms with Crippen molar-refractivity contribution in [2.45, 2.75) is 12.2 Å². The van der Waals surface area contributed by atoms with Gasteiger partial charge in [0, 0.05) is 24.6 Å². The van der Waals surface area contributed by atoms with E-state index in [9.17, 15) is 0 Å². The molecule has 0 unspecified atom stereocenters. The summed E-state index contributed by atoms with van der Waals surface area (Å²) in [6.45, 7) is 0.863. The highest BCUT2D eigenvalue weighted by molar-refractivity contribution is 7.98. The SMILES string of the molecule is S=C(NCCCSCc1ccco1)Nc1ccncc1. The number of furan rings is 1. The summed E-state index contributed by atoms with van der Waals surface area (Å²) in [6, 6.07) is 7.68. The fourth-order valence-electron chi connectivity index (χ4n) is 1.55. The summed E-state index contributed by atoms with van der Waals surface area (Å²) in [5, 5.41) is 6.95. The maximum Gasteiger partial charge on any atom is 0.170 e. The van der Waals surface area contributed by atoms with Crippen molar-refractivity contribution in [3.63, 3.8) is 0 Å². The number of hydrogen-bond donors (Lipinski definition) is 2. The minimum atomic E-state index is 0.646. The predicted octanol–water partition coefficient (Wildman–Crippen LogP) is 3.28. The zero-order valence-electron chi connectivity index (χ0n) is 11.0. The third-order valence-corrected chi connectivity index (χ3v) is 3.83. The highest BCUT2D eigenvalue weighted by atomic mass is 32.2. The van der Waals surface area contributed by atoms with Gasteiger partial charge in [-0.15, -0.1) is 0 Å². The van der Waals surface area contributed by atoms with Crippen LogP contribution in [0.4, 0.5) is 5.69 Å². The van der Waals surface area contributed by atoms with Crippen molar-refractivity contribution in [3.05, 3.63) is 48.7 Å². The van der Waals surface area contributed by atoms with Gasteiger partial charge in [-0.25, -0.2) is 0 Å². The summed E-state index contributed by atoms with van der Waals surface area (Å²) in [6.07, 6.45) is 6.23. The smallest absolute Gasteiger partial charge is 0.170 e. The molecule has 106 valence electrons. The van der Waals surface area contributed by atoms with Gasteiger partial charge in [0.2, 0.25) is 0 Å². The highest BCUT2D eigenvalue weighted by Gasteiger charge is 1.98. The van der Waals surface area contributed by atoms with Crippen molar-refractivity contribution in [2.24, 2.45) is 0 Å². The van der Waals surface area contributed by atoms with E-state index in [-0.39, 0.29) is 0 Å². The summed E-state index contributed by atoms with van der Waals surface area (Å²) >= 11 is 7.08. The van der Waals surface area contributed by atoms with Crippen molar-refractivity contribution in [1.82, 2.24) is 10.3 Å². The molecule has 0 fully saturated rings. The number of nitrogens with one attached hydrogen (secondary N) is 2. The van der Waals surface area contributed by atoms with E-state index in [2.05, 4.69) is 15.6 Å². The normalized spacial score (nSPS) is 10.2. The molecule has 0 aliphatic rings. The van der Waals surface area contributed by atoms with Gasteiger partial charge in [0.05, 0.1) is 12.0 Å². The summed E-state index contributed by atoms with van der Waals surface area (Å²) in [7, 11) is 0. The van der Waals surface area contributed by atoms with E-state index >= 15 is 0 Å². The molecule has 6 heteroatoms. The molecule has 0 spiro atoms. The molecule has 0 atom stereocenters. The van der Waals surface area contributed by atoms with Crippen LogP contribution < -0.4 is 10.6 Å². The molecule has 2 aromatic heterocycles. The van der Waals surface area contributed by atoms with Crippen molar-refractivity contribution in [1.29, 1.82) is 0 Å². The van der Waals surface area contributed by atoms with Gasteiger partial charge in [0.25, 0.3) is 0 Å². The first-order chi connectivity index (χ1) is 9.84. The first kappa shape index (κ1) is 14.9. The molecule has 0 amide bonds. The number of hydrogen-bond acceptors (Lipinski definition) is 4. The number of nitrogens with zero attached hydrogens (tertiary/aromatic N) is 1. The minimum absolute atomic E-state index is 0.646. The Morgan fingerprint density at radius 1 is 1.30 bits per heavy atom. The third kappa shape index (κ3) is 5.63. The van der Waals surface area contributed by atoms with E-state index in [0.717, 1.165) is 35.9 Å². The Balaban J connectivity index is 1.51. The fourth-order valence-corrected chi connectivity index (χ4v) is 2.63. The average Bonchev–Trinajstić information content (AvgIpc) is 2.97. The van der Waals surface area contributed by atoms with Crippen LogP contribution in [0.15, 0.2) is 47.3 Å². The third-order valence-electron chi connectivity index (χ3n) is 2.51. The molecule has 0 saturated carbocycles. The number of aromatic nitrogens is 1. The first-order valence-corrected chi connectivity index (χ1v) is 7.96. The summed E-state index contributed by atoms with van der Waals surface area (Å²) in [5.74, 6) is 3.02. The molecule has 0 aromatic carbocycles. The standard InChI is InChI=1S/C14H17N3OS2/c19-14(17-12-4-7-15-8-5-12)16-6-2-10-20-11-13-3-1-9-18-13/h1,3-5,7-9H,2,6,10-11H2,(H2,15,16,17,19). The molecular formula is C14H17N3OS2. The van der Waals surface area contributed by atoms with Gasteiger partial charge in [-0.05, 0) is 48.7 Å². The Hall–Kier alpha value is -1.53. The number of thiocarbonyl (C=S) groups is 1. The van der Waals surface area contributed by atoms with Crippen LogP contribution in [0.2, 0.25) is 0 Å². The monoisotopic (exact) mass is 307 g/mol. The zero-order valence-corrected chi connectivity index (χ0v) is 12.7. The molecule has 2 N–H and O–H groups in total. The number of thioether (sulfide) groups is 1.